The Morgan fingerprint density at radius 3 is 2.80 bits per heavy atom. The van der Waals surface area contributed by atoms with Gasteiger partial charge in [0.1, 0.15) is 0 Å². The molecule has 0 aliphatic heterocycles. The minimum atomic E-state index is 0.0282. The summed E-state index contributed by atoms with van der Waals surface area (Å²) in [7, 11) is 2.61. The lowest BCUT2D eigenvalue weighted by molar-refractivity contribution is 0.782. The van der Waals surface area contributed by atoms with E-state index in [9.17, 15) is 0 Å². The Hall–Kier alpha value is -0.460. The molecule has 2 N–H and O–H groups in total. The van der Waals surface area contributed by atoms with E-state index in [2.05, 4.69) is 14.2 Å². The average molecular weight is 154 g/mol. The fourth-order valence-electron chi connectivity index (χ4n) is 0.715. The second kappa shape index (κ2) is 3.09. The third-order valence-electron chi connectivity index (χ3n) is 1.27. The monoisotopic (exact) mass is 154 g/mol. The zero-order valence-electron chi connectivity index (χ0n) is 5.91. The largest absolute Gasteiger partial charge is 0.323 e. The van der Waals surface area contributed by atoms with Crippen LogP contribution in [0.5, 0.6) is 0 Å². The second-order valence-corrected chi connectivity index (χ2v) is 2.97. The molecule has 0 saturated carbocycles. The minimum absolute atomic E-state index is 0.0282. The molecule has 0 spiro atoms. The summed E-state index contributed by atoms with van der Waals surface area (Å²) < 4.78 is 0. The first-order valence-corrected chi connectivity index (χ1v) is 3.75. The summed E-state index contributed by atoms with van der Waals surface area (Å²) in [5.74, 6) is 0. The smallest absolute Gasteiger partial charge is 0.0574 e. The molecular weight excluding hydrogens is 143 g/mol. The molecule has 0 aliphatic carbocycles. The average Bonchev–Trinajstić information content (AvgIpc) is 1.88. The molecule has 0 aromatic carbocycles. The van der Waals surface area contributed by atoms with Crippen LogP contribution in [0, 0.1) is 0 Å². The molecule has 0 amide bonds. The van der Waals surface area contributed by atoms with Gasteiger partial charge < -0.3 is 5.73 Å². The summed E-state index contributed by atoms with van der Waals surface area (Å²) in [6, 6.07) is 3.92. The Balaban J connectivity index is 2.96. The van der Waals surface area contributed by atoms with Crippen LogP contribution < -0.4 is 11.0 Å². The Morgan fingerprint density at radius 2 is 2.40 bits per heavy atom. The molecule has 2 unspecified atom stereocenters. The Labute approximate surface area is 63.1 Å². The van der Waals surface area contributed by atoms with Gasteiger partial charge in [0.2, 0.25) is 0 Å². The first-order valence-electron chi connectivity index (χ1n) is 3.17. The first kappa shape index (κ1) is 7.64. The molecule has 2 atom stereocenters. The van der Waals surface area contributed by atoms with Crippen LogP contribution in [0.3, 0.4) is 0 Å². The quantitative estimate of drug-likeness (QED) is 0.601. The predicted molar refractivity (Wildman–Crippen MR) is 46.2 cm³/mol. The number of rotatable bonds is 1. The van der Waals surface area contributed by atoms with Crippen LogP contribution in [-0.2, 0) is 0 Å². The summed E-state index contributed by atoms with van der Waals surface area (Å²) in [5, 5.41) is 1.13. The SMILES string of the molecule is CC(N)c1cc(P)ccn1. The molecule has 10 heavy (non-hydrogen) atoms. The van der Waals surface area contributed by atoms with Crippen molar-refractivity contribution in [2.45, 2.75) is 13.0 Å². The van der Waals surface area contributed by atoms with Crippen LogP contribution in [0.4, 0.5) is 0 Å². The molecule has 1 rings (SSSR count). The normalized spacial score (nSPS) is 13.1. The number of nitrogens with two attached hydrogens (primary N) is 1. The zero-order chi connectivity index (χ0) is 7.56. The van der Waals surface area contributed by atoms with E-state index in [1.54, 1.807) is 6.20 Å². The lowest BCUT2D eigenvalue weighted by Gasteiger charge is -2.03. The van der Waals surface area contributed by atoms with E-state index in [1.807, 2.05) is 19.1 Å². The van der Waals surface area contributed by atoms with E-state index in [4.69, 9.17) is 5.73 Å². The van der Waals surface area contributed by atoms with Crippen molar-refractivity contribution in [2.75, 3.05) is 0 Å². The number of nitrogens with zero attached hydrogens (tertiary/aromatic N) is 1. The van der Waals surface area contributed by atoms with E-state index in [0.717, 1.165) is 11.0 Å². The van der Waals surface area contributed by atoms with Crippen molar-refractivity contribution in [3.8, 4) is 0 Å². The molecule has 3 heteroatoms. The maximum atomic E-state index is 5.61. The fourth-order valence-corrected chi connectivity index (χ4v) is 0.971. The lowest BCUT2D eigenvalue weighted by Crippen LogP contribution is -2.09. The molecule has 0 aliphatic rings. The van der Waals surface area contributed by atoms with Crippen LogP contribution in [-0.4, -0.2) is 4.98 Å². The highest BCUT2D eigenvalue weighted by atomic mass is 31.0. The third kappa shape index (κ3) is 1.76. The Bertz CT molecular complexity index is 223. The van der Waals surface area contributed by atoms with Gasteiger partial charge in [0.25, 0.3) is 0 Å². The van der Waals surface area contributed by atoms with Crippen molar-refractivity contribution < 1.29 is 0 Å². The van der Waals surface area contributed by atoms with Crippen molar-refractivity contribution in [1.82, 2.24) is 4.98 Å². The van der Waals surface area contributed by atoms with Gasteiger partial charge in [-0.15, -0.1) is 9.24 Å². The van der Waals surface area contributed by atoms with Gasteiger partial charge in [-0.3, -0.25) is 4.98 Å². The summed E-state index contributed by atoms with van der Waals surface area (Å²) in [5.41, 5.74) is 6.55. The van der Waals surface area contributed by atoms with E-state index in [0.29, 0.717) is 0 Å². The number of aromatic nitrogens is 1. The fraction of sp³-hybridized carbons (Fsp3) is 0.286. The standard InChI is InChI=1S/C7H11N2P/c1-5(8)7-4-6(10)2-3-9-7/h2-5H,8,10H2,1H3. The van der Waals surface area contributed by atoms with E-state index in [1.165, 1.54) is 0 Å². The molecule has 0 saturated heterocycles. The third-order valence-corrected chi connectivity index (χ3v) is 1.63. The van der Waals surface area contributed by atoms with E-state index < -0.39 is 0 Å². The van der Waals surface area contributed by atoms with Crippen molar-refractivity contribution in [2.24, 2.45) is 5.73 Å². The van der Waals surface area contributed by atoms with Gasteiger partial charge in [0, 0.05) is 12.2 Å². The van der Waals surface area contributed by atoms with Crippen LogP contribution in [0.2, 0.25) is 0 Å². The highest BCUT2D eigenvalue weighted by Gasteiger charge is 1.98. The molecule has 1 aromatic rings. The maximum absolute atomic E-state index is 5.61. The van der Waals surface area contributed by atoms with Gasteiger partial charge in [-0.05, 0) is 24.4 Å². The molecule has 0 radical (unpaired) electrons. The molecule has 0 bridgehead atoms. The van der Waals surface area contributed by atoms with Gasteiger partial charge in [0.15, 0.2) is 0 Å². The molecule has 54 valence electrons. The lowest BCUT2D eigenvalue weighted by atomic mass is 10.2. The Morgan fingerprint density at radius 1 is 1.70 bits per heavy atom. The van der Waals surface area contributed by atoms with Gasteiger partial charge in [0.05, 0.1) is 5.69 Å². The first-order chi connectivity index (χ1) is 4.70. The predicted octanol–water partition coefficient (Wildman–Crippen LogP) is 0.602. The molecule has 0 fully saturated rings. The topological polar surface area (TPSA) is 38.9 Å². The highest BCUT2D eigenvalue weighted by molar-refractivity contribution is 7.27. The summed E-state index contributed by atoms with van der Waals surface area (Å²) in [4.78, 5) is 4.10. The number of pyridine rings is 1. The van der Waals surface area contributed by atoms with Gasteiger partial charge in [-0.2, -0.15) is 0 Å². The van der Waals surface area contributed by atoms with E-state index >= 15 is 0 Å². The summed E-state index contributed by atoms with van der Waals surface area (Å²) >= 11 is 0. The van der Waals surface area contributed by atoms with Crippen molar-refractivity contribution in [1.29, 1.82) is 0 Å². The number of hydrogen-bond donors (Lipinski definition) is 1. The molecule has 1 heterocycles. The summed E-state index contributed by atoms with van der Waals surface area (Å²) in [6.45, 7) is 1.92. The maximum Gasteiger partial charge on any atom is 0.0574 e. The van der Waals surface area contributed by atoms with Crippen LogP contribution in [0.15, 0.2) is 18.3 Å². The highest BCUT2D eigenvalue weighted by Crippen LogP contribution is 2.03. The summed E-state index contributed by atoms with van der Waals surface area (Å²) in [6.07, 6.45) is 1.76. The molecule has 1 aromatic heterocycles. The van der Waals surface area contributed by atoms with Crippen molar-refractivity contribution in [3.63, 3.8) is 0 Å². The second-order valence-electron chi connectivity index (χ2n) is 2.30. The minimum Gasteiger partial charge on any atom is -0.323 e. The van der Waals surface area contributed by atoms with Crippen LogP contribution in [0.25, 0.3) is 0 Å². The zero-order valence-corrected chi connectivity index (χ0v) is 7.07. The van der Waals surface area contributed by atoms with Crippen LogP contribution in [0.1, 0.15) is 18.7 Å². The molecular formula is C7H11N2P. The Kier molecular flexibility index (Phi) is 2.36. The molecule has 2 nitrogen and oxygen atoms in total. The van der Waals surface area contributed by atoms with Crippen molar-refractivity contribution >= 4 is 14.5 Å². The van der Waals surface area contributed by atoms with Gasteiger partial charge in [-0.1, -0.05) is 0 Å². The van der Waals surface area contributed by atoms with Gasteiger partial charge in [-0.25, -0.2) is 0 Å². The van der Waals surface area contributed by atoms with Crippen molar-refractivity contribution in [3.05, 3.63) is 24.0 Å². The number of hydrogen-bond acceptors (Lipinski definition) is 2. The van der Waals surface area contributed by atoms with Gasteiger partial charge >= 0.3 is 0 Å². The van der Waals surface area contributed by atoms with Crippen LogP contribution >= 0.6 is 9.24 Å². The van der Waals surface area contributed by atoms with E-state index in [-0.39, 0.29) is 6.04 Å².